The van der Waals surface area contributed by atoms with E-state index in [-0.39, 0.29) is 24.0 Å². The van der Waals surface area contributed by atoms with Crippen LogP contribution >= 0.6 is 0 Å². The number of nitrogens with two attached hydrogens (primary N) is 1. The highest BCUT2D eigenvalue weighted by atomic mass is 28.4. The zero-order chi connectivity index (χ0) is 13.0. The molecule has 6 heteroatoms. The highest BCUT2D eigenvalue weighted by Gasteiger charge is 2.37. The third-order valence-corrected chi connectivity index (χ3v) is 7.25. The van der Waals surface area contributed by atoms with Crippen molar-refractivity contribution in [3.05, 3.63) is 0 Å². The van der Waals surface area contributed by atoms with Crippen molar-refractivity contribution in [1.82, 2.24) is 0 Å². The maximum absolute atomic E-state index is 11.3. The second kappa shape index (κ2) is 5.45. The highest BCUT2D eigenvalue weighted by Crippen LogP contribution is 2.36. The molecule has 0 aliphatic carbocycles. The van der Waals surface area contributed by atoms with Crippen LogP contribution in [0.2, 0.25) is 18.1 Å². The molecule has 2 N–H and O–H groups in total. The second-order valence-corrected chi connectivity index (χ2v) is 10.0. The van der Waals surface area contributed by atoms with E-state index in [0.29, 0.717) is 0 Å². The molecular weight excluding hydrogens is 226 g/mol. The summed E-state index contributed by atoms with van der Waals surface area (Å²) in [6.07, 6.45) is -0.944. The summed E-state index contributed by atoms with van der Waals surface area (Å²) in [7, 11) is -1.92. The molecule has 0 rings (SSSR count). The van der Waals surface area contributed by atoms with E-state index in [0.717, 1.165) is 0 Å². The molecule has 0 heterocycles. The summed E-state index contributed by atoms with van der Waals surface area (Å²) >= 11 is 0. The number of Topliss-reactive ketones (excluding diaryl/α,β-unsaturated/α-hetero) is 1. The third-order valence-electron chi connectivity index (χ3n) is 2.78. The van der Waals surface area contributed by atoms with Crippen molar-refractivity contribution in [2.75, 3.05) is 13.2 Å². The number of hydrogen-bond acceptors (Lipinski definition) is 4. The monoisotopic (exact) mass is 247 g/mol. The Bertz CT molecular complexity index is 270. The molecule has 5 nitrogen and oxygen atoms in total. The Kier molecular flexibility index (Phi) is 5.15. The fourth-order valence-corrected chi connectivity index (χ4v) is 1.63. The largest absolute Gasteiger partial charge is 0.442 e. The van der Waals surface area contributed by atoms with E-state index >= 15 is 0 Å². The van der Waals surface area contributed by atoms with Crippen molar-refractivity contribution >= 4 is 20.2 Å². The minimum atomic E-state index is -1.92. The van der Waals surface area contributed by atoms with Crippen LogP contribution in [0.4, 0.5) is 4.79 Å². The van der Waals surface area contributed by atoms with Crippen LogP contribution < -0.4 is 5.73 Å². The van der Waals surface area contributed by atoms with E-state index in [2.05, 4.69) is 38.6 Å². The lowest BCUT2D eigenvalue weighted by molar-refractivity contribution is -0.124. The molecule has 0 aromatic carbocycles. The number of amides is 1. The zero-order valence-electron chi connectivity index (χ0n) is 10.6. The first-order chi connectivity index (χ1) is 7.06. The molecule has 0 aliphatic heterocycles. The maximum atomic E-state index is 11.3. The number of primary amides is 1. The van der Waals surface area contributed by atoms with Gasteiger partial charge >= 0.3 is 6.09 Å². The first kappa shape index (κ1) is 15.1. The highest BCUT2D eigenvalue weighted by molar-refractivity contribution is 6.74. The molecule has 0 saturated heterocycles. The van der Waals surface area contributed by atoms with Gasteiger partial charge in [0.05, 0.1) is 6.61 Å². The van der Waals surface area contributed by atoms with E-state index in [1.165, 1.54) is 0 Å². The number of ketones is 1. The predicted octanol–water partition coefficient (Wildman–Crippen LogP) is 1.67. The van der Waals surface area contributed by atoms with Gasteiger partial charge in [-0.25, -0.2) is 4.79 Å². The van der Waals surface area contributed by atoms with Gasteiger partial charge in [-0.1, -0.05) is 20.8 Å². The Morgan fingerprint density at radius 1 is 1.19 bits per heavy atom. The minimum Gasteiger partial charge on any atom is -0.442 e. The smallest absolute Gasteiger partial charge is 0.404 e. The van der Waals surface area contributed by atoms with Gasteiger partial charge in [-0.15, -0.1) is 0 Å². The van der Waals surface area contributed by atoms with Crippen LogP contribution in [-0.2, 0) is 14.0 Å². The van der Waals surface area contributed by atoms with E-state index in [9.17, 15) is 9.59 Å². The lowest BCUT2D eigenvalue weighted by Crippen LogP contribution is -2.42. The Morgan fingerprint density at radius 3 is 2.06 bits per heavy atom. The van der Waals surface area contributed by atoms with Crippen LogP contribution in [0.5, 0.6) is 0 Å². The quantitative estimate of drug-likeness (QED) is 0.750. The summed E-state index contributed by atoms with van der Waals surface area (Å²) in [4.78, 5) is 21.6. The van der Waals surface area contributed by atoms with Crippen molar-refractivity contribution < 1.29 is 18.8 Å². The van der Waals surface area contributed by atoms with Gasteiger partial charge in [-0.05, 0) is 18.1 Å². The summed E-state index contributed by atoms with van der Waals surface area (Å²) < 4.78 is 10.0. The standard InChI is InChI=1S/C10H21NO4Si/c1-10(2,3)16(4,5)15-7-8(12)6-14-9(11)13/h6-7H2,1-5H3,(H2,11,13). The average Bonchev–Trinajstić information content (AvgIpc) is 2.09. The minimum absolute atomic E-state index is 0.0240. The molecule has 1 amide bonds. The van der Waals surface area contributed by atoms with Crippen LogP contribution in [0.3, 0.4) is 0 Å². The van der Waals surface area contributed by atoms with E-state index in [4.69, 9.17) is 10.2 Å². The number of carbonyl (C=O) groups is 2. The number of carbonyl (C=O) groups excluding carboxylic acids is 2. The van der Waals surface area contributed by atoms with Crippen LogP contribution in [0.25, 0.3) is 0 Å². The van der Waals surface area contributed by atoms with Crippen molar-refractivity contribution in [3.63, 3.8) is 0 Å². The Hall–Kier alpha value is -0.883. The van der Waals surface area contributed by atoms with E-state index in [1.807, 2.05) is 0 Å². The fourth-order valence-electron chi connectivity index (χ4n) is 0.671. The summed E-state index contributed by atoms with van der Waals surface area (Å²) in [5.41, 5.74) is 4.75. The molecule has 0 fully saturated rings. The molecule has 94 valence electrons. The van der Waals surface area contributed by atoms with Crippen LogP contribution in [0.15, 0.2) is 0 Å². The molecular formula is C10H21NO4Si. The number of ether oxygens (including phenoxy) is 1. The van der Waals surface area contributed by atoms with E-state index in [1.54, 1.807) is 0 Å². The molecule has 16 heavy (non-hydrogen) atoms. The molecule has 0 unspecified atom stereocenters. The van der Waals surface area contributed by atoms with Crippen molar-refractivity contribution in [1.29, 1.82) is 0 Å². The van der Waals surface area contributed by atoms with E-state index < -0.39 is 14.4 Å². The lowest BCUT2D eigenvalue weighted by atomic mass is 10.2. The topological polar surface area (TPSA) is 78.6 Å². The van der Waals surface area contributed by atoms with Crippen molar-refractivity contribution in [2.24, 2.45) is 5.73 Å². The second-order valence-electron chi connectivity index (χ2n) is 5.20. The van der Waals surface area contributed by atoms with Crippen LogP contribution in [0.1, 0.15) is 20.8 Å². The van der Waals surface area contributed by atoms with Gasteiger partial charge in [-0.2, -0.15) is 0 Å². The maximum Gasteiger partial charge on any atom is 0.404 e. The van der Waals surface area contributed by atoms with Crippen LogP contribution in [-0.4, -0.2) is 33.4 Å². The normalized spacial score (nSPS) is 12.3. The van der Waals surface area contributed by atoms with Gasteiger partial charge in [0.2, 0.25) is 0 Å². The van der Waals surface area contributed by atoms with Gasteiger partial charge in [0.25, 0.3) is 0 Å². The summed E-state index contributed by atoms with van der Waals surface area (Å²) in [6, 6.07) is 0. The molecule has 0 spiro atoms. The third kappa shape index (κ3) is 5.27. The SMILES string of the molecule is CC(C)(C)[Si](C)(C)OCC(=O)COC(N)=O. The Morgan fingerprint density at radius 2 is 1.69 bits per heavy atom. The average molecular weight is 247 g/mol. The van der Waals surface area contributed by atoms with Crippen molar-refractivity contribution in [2.45, 2.75) is 38.9 Å². The zero-order valence-corrected chi connectivity index (χ0v) is 11.6. The van der Waals surface area contributed by atoms with Gasteiger partial charge in [0.1, 0.15) is 0 Å². The summed E-state index contributed by atoms with van der Waals surface area (Å²) in [5.74, 6) is -0.274. The van der Waals surface area contributed by atoms with Crippen molar-refractivity contribution in [3.8, 4) is 0 Å². The number of hydrogen-bond donors (Lipinski definition) is 1. The van der Waals surface area contributed by atoms with Gasteiger partial charge in [0.15, 0.2) is 20.7 Å². The summed E-state index contributed by atoms with van der Waals surface area (Å²) in [5, 5.41) is 0.0534. The first-order valence-electron chi connectivity index (χ1n) is 5.14. The Balaban J connectivity index is 4.06. The van der Waals surface area contributed by atoms with Gasteiger partial charge < -0.3 is 14.9 Å². The number of rotatable bonds is 5. The lowest BCUT2D eigenvalue weighted by Gasteiger charge is -2.35. The molecule has 0 radical (unpaired) electrons. The summed E-state index contributed by atoms with van der Waals surface area (Å²) in [6.45, 7) is 10.0. The molecule has 0 saturated carbocycles. The predicted molar refractivity (Wildman–Crippen MR) is 63.7 cm³/mol. The van der Waals surface area contributed by atoms with Gasteiger partial charge in [0, 0.05) is 0 Å². The molecule has 0 aromatic heterocycles. The Labute approximate surface area is 97.4 Å². The molecule has 0 aliphatic rings. The van der Waals surface area contributed by atoms with Crippen LogP contribution in [0, 0.1) is 0 Å². The molecule has 0 aromatic rings. The molecule has 0 bridgehead atoms. The first-order valence-corrected chi connectivity index (χ1v) is 8.05. The fraction of sp³-hybridized carbons (Fsp3) is 0.800. The molecule has 0 atom stereocenters. The van der Waals surface area contributed by atoms with Gasteiger partial charge in [-0.3, -0.25) is 4.79 Å².